The van der Waals surface area contributed by atoms with Crippen LogP contribution < -0.4 is 4.74 Å². The van der Waals surface area contributed by atoms with Crippen LogP contribution in [-0.2, 0) is 13.0 Å². The highest BCUT2D eigenvalue weighted by Crippen LogP contribution is 2.14. The van der Waals surface area contributed by atoms with Crippen LogP contribution in [0.15, 0.2) is 12.1 Å². The van der Waals surface area contributed by atoms with Crippen LogP contribution in [0.4, 0.5) is 0 Å². The molecule has 0 unspecified atom stereocenters. The molecule has 1 N–H and O–H groups in total. The number of ether oxygens (including phenoxy) is 1. The van der Waals surface area contributed by atoms with Gasteiger partial charge in [-0.25, -0.2) is 4.98 Å². The van der Waals surface area contributed by atoms with E-state index >= 15 is 0 Å². The maximum absolute atomic E-state index is 9.17. The number of hydrogen-bond acceptors (Lipinski definition) is 3. The SMILES string of the molecule is CCCCCCCOc1cc(CO)cc(CC)n1. The topological polar surface area (TPSA) is 42.4 Å². The van der Waals surface area contributed by atoms with Crippen molar-refractivity contribution in [2.45, 2.75) is 59.0 Å². The largest absolute Gasteiger partial charge is 0.478 e. The molecule has 18 heavy (non-hydrogen) atoms. The predicted molar refractivity (Wildman–Crippen MR) is 73.8 cm³/mol. The van der Waals surface area contributed by atoms with Gasteiger partial charge in [-0.05, 0) is 24.5 Å². The number of hydrogen-bond donors (Lipinski definition) is 1. The number of pyridine rings is 1. The van der Waals surface area contributed by atoms with Crippen molar-refractivity contribution in [2.24, 2.45) is 0 Å². The number of nitrogens with zero attached hydrogens (tertiary/aromatic N) is 1. The van der Waals surface area contributed by atoms with Gasteiger partial charge in [-0.2, -0.15) is 0 Å². The molecule has 1 aromatic rings. The first kappa shape index (κ1) is 15.0. The highest BCUT2D eigenvalue weighted by molar-refractivity contribution is 5.24. The van der Waals surface area contributed by atoms with E-state index in [-0.39, 0.29) is 6.61 Å². The molecule has 3 nitrogen and oxygen atoms in total. The Morgan fingerprint density at radius 3 is 2.56 bits per heavy atom. The third kappa shape index (κ3) is 5.50. The molecule has 0 aliphatic carbocycles. The number of aromatic nitrogens is 1. The van der Waals surface area contributed by atoms with E-state index < -0.39 is 0 Å². The zero-order chi connectivity index (χ0) is 13.2. The smallest absolute Gasteiger partial charge is 0.213 e. The summed E-state index contributed by atoms with van der Waals surface area (Å²) in [6, 6.07) is 3.75. The molecule has 0 bridgehead atoms. The molecule has 0 aliphatic rings. The minimum absolute atomic E-state index is 0.0440. The standard InChI is InChI=1S/C15H25NO2/c1-3-5-6-7-8-9-18-15-11-13(12-17)10-14(4-2)16-15/h10-11,17H,3-9,12H2,1-2H3. The molecule has 0 amide bonds. The van der Waals surface area contributed by atoms with E-state index in [4.69, 9.17) is 9.84 Å². The van der Waals surface area contributed by atoms with Crippen LogP contribution in [0, 0.1) is 0 Å². The van der Waals surface area contributed by atoms with Gasteiger partial charge in [0.2, 0.25) is 5.88 Å². The van der Waals surface area contributed by atoms with Crippen molar-refractivity contribution in [1.82, 2.24) is 4.98 Å². The first-order chi connectivity index (χ1) is 8.80. The third-order valence-electron chi connectivity index (χ3n) is 2.96. The fourth-order valence-electron chi connectivity index (χ4n) is 1.85. The van der Waals surface area contributed by atoms with E-state index in [1.807, 2.05) is 12.1 Å². The fraction of sp³-hybridized carbons (Fsp3) is 0.667. The maximum Gasteiger partial charge on any atom is 0.213 e. The summed E-state index contributed by atoms with van der Waals surface area (Å²) in [6.07, 6.45) is 7.00. The lowest BCUT2D eigenvalue weighted by Crippen LogP contribution is -2.02. The van der Waals surface area contributed by atoms with Crippen LogP contribution in [0.1, 0.15) is 57.2 Å². The quantitative estimate of drug-likeness (QED) is 0.683. The van der Waals surface area contributed by atoms with E-state index in [1.165, 1.54) is 25.7 Å². The van der Waals surface area contributed by atoms with E-state index in [2.05, 4.69) is 18.8 Å². The van der Waals surface area contributed by atoms with Crippen LogP contribution in [0.5, 0.6) is 5.88 Å². The molecule has 0 aromatic carbocycles. The molecular weight excluding hydrogens is 226 g/mol. The van der Waals surface area contributed by atoms with E-state index in [1.54, 1.807) is 0 Å². The second-order valence-electron chi connectivity index (χ2n) is 4.58. The minimum atomic E-state index is 0.0440. The summed E-state index contributed by atoms with van der Waals surface area (Å²) in [5.74, 6) is 0.647. The highest BCUT2D eigenvalue weighted by Gasteiger charge is 2.02. The summed E-state index contributed by atoms with van der Waals surface area (Å²) >= 11 is 0. The van der Waals surface area contributed by atoms with E-state index in [0.29, 0.717) is 5.88 Å². The maximum atomic E-state index is 9.17. The molecule has 0 saturated heterocycles. The molecule has 0 fully saturated rings. The van der Waals surface area contributed by atoms with Crippen LogP contribution in [0.2, 0.25) is 0 Å². The average molecular weight is 251 g/mol. The van der Waals surface area contributed by atoms with Crippen molar-refractivity contribution in [2.75, 3.05) is 6.61 Å². The molecule has 0 radical (unpaired) electrons. The van der Waals surface area contributed by atoms with Gasteiger partial charge in [0.1, 0.15) is 0 Å². The Balaban J connectivity index is 2.36. The molecule has 102 valence electrons. The van der Waals surface area contributed by atoms with Crippen molar-refractivity contribution in [3.8, 4) is 5.88 Å². The van der Waals surface area contributed by atoms with Gasteiger partial charge in [0.15, 0.2) is 0 Å². The molecular formula is C15H25NO2. The van der Waals surface area contributed by atoms with Crippen molar-refractivity contribution in [3.63, 3.8) is 0 Å². The Morgan fingerprint density at radius 2 is 1.89 bits per heavy atom. The lowest BCUT2D eigenvalue weighted by atomic mass is 10.2. The summed E-state index contributed by atoms with van der Waals surface area (Å²) in [4.78, 5) is 4.40. The number of rotatable bonds is 9. The fourth-order valence-corrected chi connectivity index (χ4v) is 1.85. The van der Waals surface area contributed by atoms with Gasteiger partial charge in [0.05, 0.1) is 13.2 Å². The zero-order valence-electron chi connectivity index (χ0n) is 11.6. The van der Waals surface area contributed by atoms with Gasteiger partial charge in [-0.15, -0.1) is 0 Å². The van der Waals surface area contributed by atoms with Gasteiger partial charge >= 0.3 is 0 Å². The summed E-state index contributed by atoms with van der Waals surface area (Å²) in [5.41, 5.74) is 1.85. The third-order valence-corrected chi connectivity index (χ3v) is 2.96. The first-order valence-corrected chi connectivity index (χ1v) is 7.03. The van der Waals surface area contributed by atoms with Crippen LogP contribution in [0.25, 0.3) is 0 Å². The van der Waals surface area contributed by atoms with Crippen LogP contribution in [-0.4, -0.2) is 16.7 Å². The molecule has 0 aliphatic heterocycles. The van der Waals surface area contributed by atoms with Gasteiger partial charge in [-0.1, -0.05) is 39.5 Å². The zero-order valence-corrected chi connectivity index (χ0v) is 11.6. The highest BCUT2D eigenvalue weighted by atomic mass is 16.5. The van der Waals surface area contributed by atoms with Crippen molar-refractivity contribution in [1.29, 1.82) is 0 Å². The van der Waals surface area contributed by atoms with E-state index in [9.17, 15) is 0 Å². The summed E-state index contributed by atoms with van der Waals surface area (Å²) in [7, 11) is 0. The molecule has 1 heterocycles. The Morgan fingerprint density at radius 1 is 1.11 bits per heavy atom. The van der Waals surface area contributed by atoms with Crippen molar-refractivity contribution < 1.29 is 9.84 Å². The normalized spacial score (nSPS) is 10.6. The number of aliphatic hydroxyl groups excluding tert-OH is 1. The average Bonchev–Trinajstić information content (AvgIpc) is 2.42. The lowest BCUT2D eigenvalue weighted by molar-refractivity contribution is 0.274. The Hall–Kier alpha value is -1.09. The van der Waals surface area contributed by atoms with Gasteiger partial charge in [0, 0.05) is 11.8 Å². The second-order valence-corrected chi connectivity index (χ2v) is 4.58. The van der Waals surface area contributed by atoms with Gasteiger partial charge in [0.25, 0.3) is 0 Å². The number of aryl methyl sites for hydroxylation is 1. The number of aliphatic hydroxyl groups is 1. The second kappa shape index (κ2) is 8.92. The predicted octanol–water partition coefficient (Wildman–Crippen LogP) is 3.49. The first-order valence-electron chi connectivity index (χ1n) is 7.03. The molecule has 0 saturated carbocycles. The van der Waals surface area contributed by atoms with Crippen molar-refractivity contribution in [3.05, 3.63) is 23.4 Å². The lowest BCUT2D eigenvalue weighted by Gasteiger charge is -2.08. The summed E-state index contributed by atoms with van der Waals surface area (Å²) < 4.78 is 5.65. The van der Waals surface area contributed by atoms with Gasteiger partial charge < -0.3 is 9.84 Å². The molecule has 1 rings (SSSR count). The number of unbranched alkanes of at least 4 members (excludes halogenated alkanes) is 4. The van der Waals surface area contributed by atoms with Crippen LogP contribution >= 0.6 is 0 Å². The Bertz CT molecular complexity index is 317. The molecule has 1 aromatic heterocycles. The van der Waals surface area contributed by atoms with Gasteiger partial charge in [-0.3, -0.25) is 0 Å². The summed E-state index contributed by atoms with van der Waals surface area (Å²) in [5, 5.41) is 9.17. The molecule has 0 spiro atoms. The Labute approximate surface area is 110 Å². The van der Waals surface area contributed by atoms with E-state index in [0.717, 1.165) is 30.7 Å². The molecule has 3 heteroatoms. The molecule has 0 atom stereocenters. The summed E-state index contributed by atoms with van der Waals surface area (Å²) in [6.45, 7) is 5.03. The minimum Gasteiger partial charge on any atom is -0.478 e. The monoisotopic (exact) mass is 251 g/mol. The Kier molecular flexibility index (Phi) is 7.42. The van der Waals surface area contributed by atoms with Crippen LogP contribution in [0.3, 0.4) is 0 Å². The van der Waals surface area contributed by atoms with Crippen molar-refractivity contribution >= 4 is 0 Å².